The Morgan fingerprint density at radius 3 is 2.50 bits per heavy atom. The van der Waals surface area contributed by atoms with Crippen LogP contribution in [0.15, 0.2) is 47.4 Å². The van der Waals surface area contributed by atoms with E-state index in [1.807, 2.05) is 32.0 Å². The van der Waals surface area contributed by atoms with E-state index in [2.05, 4.69) is 10.0 Å². The van der Waals surface area contributed by atoms with Gasteiger partial charge in [-0.05, 0) is 55.8 Å². The number of carbonyl (C=O) groups excluding carboxylic acids is 1. The van der Waals surface area contributed by atoms with Gasteiger partial charge in [-0.3, -0.25) is 4.79 Å². The Labute approximate surface area is 154 Å². The van der Waals surface area contributed by atoms with E-state index in [4.69, 9.17) is 4.74 Å². The minimum Gasteiger partial charge on any atom is -0.496 e. The van der Waals surface area contributed by atoms with Crippen LogP contribution in [0, 0.1) is 6.92 Å². The lowest BCUT2D eigenvalue weighted by molar-refractivity contribution is 0.0935. The van der Waals surface area contributed by atoms with Gasteiger partial charge in [0.25, 0.3) is 5.91 Å². The highest BCUT2D eigenvalue weighted by Gasteiger charge is 2.18. The summed E-state index contributed by atoms with van der Waals surface area (Å²) in [5.41, 5.74) is 2.25. The van der Waals surface area contributed by atoms with Crippen LogP contribution >= 0.6 is 0 Å². The lowest BCUT2D eigenvalue weighted by Crippen LogP contribution is -2.28. The third-order valence-electron chi connectivity index (χ3n) is 4.21. The third kappa shape index (κ3) is 4.42. The molecule has 0 aromatic heterocycles. The van der Waals surface area contributed by atoms with Crippen LogP contribution in [0.25, 0.3) is 0 Å². The topological polar surface area (TPSA) is 84.5 Å². The molecule has 0 fully saturated rings. The predicted molar refractivity (Wildman–Crippen MR) is 101 cm³/mol. The molecule has 0 heterocycles. The molecular formula is C19H24N2O4S. The zero-order valence-corrected chi connectivity index (χ0v) is 16.2. The summed E-state index contributed by atoms with van der Waals surface area (Å²) in [6.45, 7) is 3.93. The first-order valence-corrected chi connectivity index (χ1v) is 9.79. The molecule has 0 aliphatic heterocycles. The van der Waals surface area contributed by atoms with Gasteiger partial charge in [-0.1, -0.05) is 25.1 Å². The summed E-state index contributed by atoms with van der Waals surface area (Å²) in [6, 6.07) is 11.6. The molecule has 0 spiro atoms. The van der Waals surface area contributed by atoms with Gasteiger partial charge in [0.15, 0.2) is 0 Å². The van der Waals surface area contributed by atoms with E-state index >= 15 is 0 Å². The highest BCUT2D eigenvalue weighted by atomic mass is 32.2. The third-order valence-corrected chi connectivity index (χ3v) is 5.62. The lowest BCUT2D eigenvalue weighted by Gasteiger charge is -2.19. The van der Waals surface area contributed by atoms with E-state index in [9.17, 15) is 13.2 Å². The molecule has 0 aliphatic rings. The van der Waals surface area contributed by atoms with Crippen molar-refractivity contribution >= 4 is 15.9 Å². The van der Waals surface area contributed by atoms with Crippen molar-refractivity contribution in [1.82, 2.24) is 10.0 Å². The molecule has 0 aliphatic carbocycles. The van der Waals surface area contributed by atoms with E-state index in [-0.39, 0.29) is 16.8 Å². The molecule has 26 heavy (non-hydrogen) atoms. The quantitative estimate of drug-likeness (QED) is 0.778. The summed E-state index contributed by atoms with van der Waals surface area (Å²) >= 11 is 0. The second-order valence-electron chi connectivity index (χ2n) is 5.90. The Bertz CT molecular complexity index is 894. The highest BCUT2D eigenvalue weighted by Crippen LogP contribution is 2.24. The van der Waals surface area contributed by atoms with Crippen molar-refractivity contribution in [2.45, 2.75) is 31.2 Å². The van der Waals surface area contributed by atoms with Gasteiger partial charge in [0.05, 0.1) is 18.0 Å². The summed E-state index contributed by atoms with van der Waals surface area (Å²) in [6.07, 6.45) is 0.700. The summed E-state index contributed by atoms with van der Waals surface area (Å²) in [7, 11) is -0.645. The normalized spacial score (nSPS) is 12.5. The number of aryl methyl sites for hydroxylation is 1. The molecule has 2 rings (SSSR count). The van der Waals surface area contributed by atoms with Gasteiger partial charge in [-0.25, -0.2) is 13.1 Å². The Morgan fingerprint density at radius 1 is 1.19 bits per heavy atom. The van der Waals surface area contributed by atoms with Crippen LogP contribution < -0.4 is 14.8 Å². The summed E-state index contributed by atoms with van der Waals surface area (Å²) in [4.78, 5) is 12.7. The first kappa shape index (κ1) is 19.9. The van der Waals surface area contributed by atoms with Gasteiger partial charge in [0, 0.05) is 5.56 Å². The standard InChI is InChI=1S/C19H24N2O4S/c1-5-17(14-9-10-18(25-4)13(2)11-14)21-19(22)15-7-6-8-16(12-15)26(23,24)20-3/h6-12,17,20H,5H2,1-4H3,(H,21,22)/t17-/m0/s1. The summed E-state index contributed by atoms with van der Waals surface area (Å²) in [5.74, 6) is 0.471. The number of sulfonamides is 1. The van der Waals surface area contributed by atoms with Crippen LogP contribution in [-0.4, -0.2) is 28.5 Å². The molecule has 2 N–H and O–H groups in total. The van der Waals surface area contributed by atoms with Crippen molar-refractivity contribution in [3.63, 3.8) is 0 Å². The van der Waals surface area contributed by atoms with Crippen molar-refractivity contribution in [1.29, 1.82) is 0 Å². The Morgan fingerprint density at radius 2 is 1.92 bits per heavy atom. The zero-order valence-electron chi connectivity index (χ0n) is 15.4. The van der Waals surface area contributed by atoms with Crippen LogP contribution in [0.4, 0.5) is 0 Å². The number of hydrogen-bond acceptors (Lipinski definition) is 4. The van der Waals surface area contributed by atoms with Crippen LogP contribution in [0.3, 0.4) is 0 Å². The second-order valence-corrected chi connectivity index (χ2v) is 7.79. The molecular weight excluding hydrogens is 352 g/mol. The smallest absolute Gasteiger partial charge is 0.251 e. The van der Waals surface area contributed by atoms with Crippen LogP contribution in [0.5, 0.6) is 5.75 Å². The maximum atomic E-state index is 12.6. The zero-order chi connectivity index (χ0) is 19.3. The van der Waals surface area contributed by atoms with Crippen molar-refractivity contribution in [3.05, 3.63) is 59.2 Å². The number of rotatable bonds is 7. The van der Waals surface area contributed by atoms with Crippen molar-refractivity contribution in [2.75, 3.05) is 14.2 Å². The summed E-state index contributed by atoms with van der Waals surface area (Å²) in [5, 5.41) is 2.97. The number of methoxy groups -OCH3 is 1. The number of hydrogen-bond donors (Lipinski definition) is 2. The molecule has 140 valence electrons. The van der Waals surface area contributed by atoms with Crippen molar-refractivity contribution in [2.24, 2.45) is 0 Å². The molecule has 2 aromatic rings. The van der Waals surface area contributed by atoms with Crippen molar-refractivity contribution in [3.8, 4) is 5.75 Å². The Balaban J connectivity index is 2.25. The maximum Gasteiger partial charge on any atom is 0.251 e. The van der Waals surface area contributed by atoms with E-state index in [0.29, 0.717) is 12.0 Å². The molecule has 6 nitrogen and oxygen atoms in total. The molecule has 1 amide bonds. The van der Waals surface area contributed by atoms with Gasteiger partial charge in [0.2, 0.25) is 10.0 Å². The SMILES string of the molecule is CC[C@H](NC(=O)c1cccc(S(=O)(=O)NC)c1)c1ccc(OC)c(C)c1. The van der Waals surface area contributed by atoms with Crippen LogP contribution in [0.1, 0.15) is 40.9 Å². The van der Waals surface area contributed by atoms with Crippen LogP contribution in [0.2, 0.25) is 0 Å². The van der Waals surface area contributed by atoms with Crippen molar-refractivity contribution < 1.29 is 17.9 Å². The predicted octanol–water partition coefficient (Wildman–Crippen LogP) is 2.79. The monoisotopic (exact) mass is 376 g/mol. The molecule has 0 saturated heterocycles. The van der Waals surface area contributed by atoms with E-state index in [0.717, 1.165) is 16.9 Å². The Kier molecular flexibility index (Phi) is 6.39. The number of benzene rings is 2. The van der Waals surface area contributed by atoms with Gasteiger partial charge in [-0.2, -0.15) is 0 Å². The molecule has 2 aromatic carbocycles. The average molecular weight is 376 g/mol. The Hall–Kier alpha value is -2.38. The van der Waals surface area contributed by atoms with E-state index in [1.54, 1.807) is 19.2 Å². The average Bonchev–Trinajstić information content (AvgIpc) is 2.65. The minimum atomic E-state index is -3.60. The largest absolute Gasteiger partial charge is 0.496 e. The number of carbonyl (C=O) groups is 1. The number of amides is 1. The molecule has 0 bridgehead atoms. The minimum absolute atomic E-state index is 0.0565. The van der Waals surface area contributed by atoms with E-state index < -0.39 is 10.0 Å². The highest BCUT2D eigenvalue weighted by molar-refractivity contribution is 7.89. The molecule has 0 radical (unpaired) electrons. The van der Waals surface area contributed by atoms with Gasteiger partial charge in [-0.15, -0.1) is 0 Å². The lowest BCUT2D eigenvalue weighted by atomic mass is 10.0. The van der Waals surface area contributed by atoms with Gasteiger partial charge in [0.1, 0.15) is 5.75 Å². The van der Waals surface area contributed by atoms with Gasteiger partial charge >= 0.3 is 0 Å². The second kappa shape index (κ2) is 8.33. The molecule has 7 heteroatoms. The summed E-state index contributed by atoms with van der Waals surface area (Å²) < 4.78 is 31.4. The fourth-order valence-electron chi connectivity index (χ4n) is 2.70. The fraction of sp³-hybridized carbons (Fsp3) is 0.316. The first-order valence-electron chi connectivity index (χ1n) is 8.31. The molecule has 0 unspecified atom stereocenters. The van der Waals surface area contributed by atoms with Gasteiger partial charge < -0.3 is 10.1 Å². The number of ether oxygens (including phenoxy) is 1. The number of nitrogens with one attached hydrogen (secondary N) is 2. The molecule has 1 atom stereocenters. The first-order chi connectivity index (χ1) is 12.3. The van der Waals surface area contributed by atoms with Crippen LogP contribution in [-0.2, 0) is 10.0 Å². The molecule has 0 saturated carbocycles. The fourth-order valence-corrected chi connectivity index (χ4v) is 3.48. The maximum absolute atomic E-state index is 12.6. The van der Waals surface area contributed by atoms with E-state index in [1.165, 1.54) is 19.2 Å².